The van der Waals surface area contributed by atoms with Gasteiger partial charge < -0.3 is 5.32 Å². The van der Waals surface area contributed by atoms with Crippen molar-refractivity contribution in [2.45, 2.75) is 13.3 Å². The van der Waals surface area contributed by atoms with Gasteiger partial charge >= 0.3 is 0 Å². The number of anilines is 1. The molecule has 1 aromatic rings. The minimum Gasteiger partial charge on any atom is -0.324 e. The van der Waals surface area contributed by atoms with Gasteiger partial charge in [0, 0.05) is 4.47 Å². The molecule has 1 rings (SSSR count). The van der Waals surface area contributed by atoms with Gasteiger partial charge in [-0.25, -0.2) is 0 Å². The van der Waals surface area contributed by atoms with Crippen molar-refractivity contribution in [1.29, 1.82) is 5.26 Å². The molecule has 0 heterocycles. The minimum absolute atomic E-state index is 0.125. The maximum absolute atomic E-state index is 11.1. The highest BCUT2D eigenvalue weighted by Gasteiger charge is 2.04. The number of rotatable bonds is 2. The average Bonchev–Trinajstić information content (AvgIpc) is 2.10. The maximum Gasteiger partial charge on any atom is 0.238 e. The fraction of sp³-hybridized carbons (Fsp3) is 0.200. The maximum atomic E-state index is 11.1. The molecule has 0 bridgehead atoms. The van der Waals surface area contributed by atoms with Crippen molar-refractivity contribution in [1.82, 2.24) is 0 Å². The molecule has 0 aliphatic carbocycles. The number of carbonyl (C=O) groups excluding carboxylic acids is 1. The van der Waals surface area contributed by atoms with Crippen molar-refractivity contribution in [3.05, 3.63) is 28.2 Å². The molecular formula is C10H9BrN2O. The van der Waals surface area contributed by atoms with Crippen molar-refractivity contribution in [2.75, 3.05) is 5.32 Å². The molecule has 0 saturated carbocycles. The van der Waals surface area contributed by atoms with Gasteiger partial charge in [0.2, 0.25) is 5.91 Å². The molecule has 0 aliphatic rings. The van der Waals surface area contributed by atoms with Gasteiger partial charge in [0.15, 0.2) is 0 Å². The van der Waals surface area contributed by atoms with Gasteiger partial charge in [-0.15, -0.1) is 0 Å². The second kappa shape index (κ2) is 4.77. The van der Waals surface area contributed by atoms with Gasteiger partial charge in [-0.05, 0) is 40.5 Å². The van der Waals surface area contributed by atoms with Crippen LogP contribution in [0.1, 0.15) is 12.0 Å². The Morgan fingerprint density at radius 2 is 2.36 bits per heavy atom. The predicted octanol–water partition coefficient (Wildman–Crippen LogP) is 2.61. The number of carbonyl (C=O) groups is 1. The molecule has 0 fully saturated rings. The van der Waals surface area contributed by atoms with Crippen LogP contribution in [-0.2, 0) is 4.79 Å². The Bertz CT molecular complexity index is 396. The Kier molecular flexibility index (Phi) is 3.66. The number of aryl methyl sites for hydroxylation is 1. The van der Waals surface area contributed by atoms with Crippen LogP contribution in [0.2, 0.25) is 0 Å². The van der Waals surface area contributed by atoms with E-state index in [9.17, 15) is 4.79 Å². The molecule has 72 valence electrons. The normalized spacial score (nSPS) is 9.21. The van der Waals surface area contributed by atoms with Crippen molar-refractivity contribution < 1.29 is 4.79 Å². The Labute approximate surface area is 90.9 Å². The van der Waals surface area contributed by atoms with Gasteiger partial charge in [-0.2, -0.15) is 5.26 Å². The number of halogens is 1. The van der Waals surface area contributed by atoms with Crippen molar-refractivity contribution in [3.8, 4) is 6.07 Å². The van der Waals surface area contributed by atoms with Crippen molar-refractivity contribution >= 4 is 27.5 Å². The first-order chi connectivity index (χ1) is 6.63. The summed E-state index contributed by atoms with van der Waals surface area (Å²) in [6, 6.07) is 7.39. The van der Waals surface area contributed by atoms with E-state index in [0.717, 1.165) is 10.0 Å². The summed E-state index contributed by atoms with van der Waals surface area (Å²) < 4.78 is 0.823. The first-order valence-electron chi connectivity index (χ1n) is 4.06. The lowest BCUT2D eigenvalue weighted by molar-refractivity contribution is -0.115. The molecule has 0 atom stereocenters. The largest absolute Gasteiger partial charge is 0.324 e. The van der Waals surface area contributed by atoms with E-state index in [1.807, 2.05) is 19.1 Å². The van der Waals surface area contributed by atoms with E-state index in [1.165, 1.54) is 0 Å². The van der Waals surface area contributed by atoms with Crippen LogP contribution in [0.15, 0.2) is 22.7 Å². The number of amides is 1. The minimum atomic E-state index is -0.294. The fourth-order valence-corrected chi connectivity index (χ4v) is 1.58. The lowest BCUT2D eigenvalue weighted by Crippen LogP contribution is -2.10. The zero-order valence-electron chi connectivity index (χ0n) is 7.67. The smallest absolute Gasteiger partial charge is 0.238 e. The third-order valence-corrected chi connectivity index (χ3v) is 2.29. The van der Waals surface area contributed by atoms with E-state index in [4.69, 9.17) is 5.26 Å². The molecule has 1 amide bonds. The summed E-state index contributed by atoms with van der Waals surface area (Å²) in [6.45, 7) is 1.96. The summed E-state index contributed by atoms with van der Waals surface area (Å²) in [6.07, 6.45) is -0.125. The third kappa shape index (κ3) is 2.86. The summed E-state index contributed by atoms with van der Waals surface area (Å²) in [4.78, 5) is 11.1. The highest BCUT2D eigenvalue weighted by Crippen LogP contribution is 2.23. The van der Waals surface area contributed by atoms with Crippen molar-refractivity contribution in [2.24, 2.45) is 0 Å². The quantitative estimate of drug-likeness (QED) is 0.880. The number of nitriles is 1. The van der Waals surface area contributed by atoms with Gasteiger partial charge in [0.1, 0.15) is 6.42 Å². The molecule has 4 heteroatoms. The molecule has 0 aromatic heterocycles. The van der Waals surface area contributed by atoms with Crippen LogP contribution in [0.5, 0.6) is 0 Å². The summed E-state index contributed by atoms with van der Waals surface area (Å²) >= 11 is 3.33. The van der Waals surface area contributed by atoms with Crippen LogP contribution in [0.25, 0.3) is 0 Å². The van der Waals surface area contributed by atoms with Crippen LogP contribution < -0.4 is 5.32 Å². The number of benzene rings is 1. The lowest BCUT2D eigenvalue weighted by atomic mass is 10.2. The summed E-state index contributed by atoms with van der Waals surface area (Å²) in [5, 5.41) is 10.9. The zero-order chi connectivity index (χ0) is 10.6. The van der Waals surface area contributed by atoms with Gasteiger partial charge in [0.05, 0.1) is 11.8 Å². The predicted molar refractivity (Wildman–Crippen MR) is 57.7 cm³/mol. The average molecular weight is 253 g/mol. The van der Waals surface area contributed by atoms with Crippen LogP contribution in [0.4, 0.5) is 5.69 Å². The SMILES string of the molecule is Cc1ccc(NC(=O)CC#N)c(Br)c1. The molecule has 1 N–H and O–H groups in total. The molecule has 0 unspecified atom stereocenters. The van der Waals surface area contributed by atoms with Gasteiger partial charge in [-0.1, -0.05) is 6.07 Å². The Morgan fingerprint density at radius 1 is 1.64 bits per heavy atom. The van der Waals surface area contributed by atoms with Gasteiger partial charge in [-0.3, -0.25) is 4.79 Å². The lowest BCUT2D eigenvalue weighted by Gasteiger charge is -2.05. The van der Waals surface area contributed by atoms with E-state index >= 15 is 0 Å². The van der Waals surface area contributed by atoms with E-state index in [1.54, 1.807) is 12.1 Å². The molecule has 0 aliphatic heterocycles. The summed E-state index contributed by atoms with van der Waals surface area (Å²) in [5.74, 6) is -0.294. The van der Waals surface area contributed by atoms with E-state index in [0.29, 0.717) is 5.69 Å². The monoisotopic (exact) mass is 252 g/mol. The van der Waals surface area contributed by atoms with Crippen LogP contribution in [-0.4, -0.2) is 5.91 Å². The number of nitrogens with one attached hydrogen (secondary N) is 1. The first kappa shape index (κ1) is 10.7. The highest BCUT2D eigenvalue weighted by molar-refractivity contribution is 9.10. The molecule has 3 nitrogen and oxygen atoms in total. The highest BCUT2D eigenvalue weighted by atomic mass is 79.9. The second-order valence-electron chi connectivity index (χ2n) is 2.87. The Hall–Kier alpha value is -1.34. The molecule has 0 radical (unpaired) electrons. The standard InChI is InChI=1S/C10H9BrN2O/c1-7-2-3-9(8(11)6-7)13-10(14)4-5-12/h2-3,6H,4H2,1H3,(H,13,14). The van der Waals surface area contributed by atoms with Crippen LogP contribution in [0, 0.1) is 18.3 Å². The summed E-state index contributed by atoms with van der Waals surface area (Å²) in [7, 11) is 0. The molecule has 1 aromatic carbocycles. The Balaban J connectivity index is 2.78. The Morgan fingerprint density at radius 3 is 2.93 bits per heavy atom. The van der Waals surface area contributed by atoms with Crippen LogP contribution in [0.3, 0.4) is 0 Å². The molecular weight excluding hydrogens is 244 g/mol. The van der Waals surface area contributed by atoms with Crippen molar-refractivity contribution in [3.63, 3.8) is 0 Å². The second-order valence-corrected chi connectivity index (χ2v) is 3.72. The number of nitrogens with zero attached hydrogens (tertiary/aromatic N) is 1. The number of hydrogen-bond acceptors (Lipinski definition) is 2. The molecule has 14 heavy (non-hydrogen) atoms. The van der Waals surface area contributed by atoms with E-state index < -0.39 is 0 Å². The van der Waals surface area contributed by atoms with E-state index in [2.05, 4.69) is 21.2 Å². The zero-order valence-corrected chi connectivity index (χ0v) is 9.26. The summed E-state index contributed by atoms with van der Waals surface area (Å²) in [5.41, 5.74) is 1.80. The third-order valence-electron chi connectivity index (χ3n) is 1.64. The van der Waals surface area contributed by atoms with Crippen LogP contribution >= 0.6 is 15.9 Å². The van der Waals surface area contributed by atoms with E-state index in [-0.39, 0.29) is 12.3 Å². The topological polar surface area (TPSA) is 52.9 Å². The number of hydrogen-bond donors (Lipinski definition) is 1. The first-order valence-corrected chi connectivity index (χ1v) is 4.85. The fourth-order valence-electron chi connectivity index (χ4n) is 0.988. The van der Waals surface area contributed by atoms with Gasteiger partial charge in [0.25, 0.3) is 0 Å². The molecule has 0 saturated heterocycles. The molecule has 0 spiro atoms.